The van der Waals surface area contributed by atoms with E-state index in [0.29, 0.717) is 22.6 Å². The minimum Gasteiger partial charge on any atom is -0.497 e. The minimum absolute atomic E-state index is 0.00298. The van der Waals surface area contributed by atoms with Crippen LogP contribution in [0.4, 0.5) is 5.82 Å². The first-order chi connectivity index (χ1) is 23.3. The van der Waals surface area contributed by atoms with Gasteiger partial charge in [-0.05, 0) is 60.0 Å². The molecule has 3 atom stereocenters. The summed E-state index contributed by atoms with van der Waals surface area (Å²) in [4.78, 5) is 30.0. The van der Waals surface area contributed by atoms with Crippen molar-refractivity contribution in [3.05, 3.63) is 154 Å². The molecular formula is C38H37N3O7. The van der Waals surface area contributed by atoms with Gasteiger partial charge in [0.15, 0.2) is 0 Å². The SMILES string of the molecule is COc1ccc(C(OCC2OC(n3cc(C)c(NC(=O)c4ccccc4)nc3=O)CC2O)(c2ccccc2)c2ccc(OC)cc2)cc1. The average Bonchev–Trinajstić information content (AvgIpc) is 3.50. The Labute approximate surface area is 278 Å². The fourth-order valence-electron chi connectivity index (χ4n) is 5.99. The van der Waals surface area contributed by atoms with Crippen LogP contribution in [0.5, 0.6) is 11.5 Å². The number of benzene rings is 4. The average molecular weight is 648 g/mol. The molecule has 0 spiro atoms. The molecule has 246 valence electrons. The first-order valence-corrected chi connectivity index (χ1v) is 15.6. The molecule has 6 rings (SSSR count). The van der Waals surface area contributed by atoms with Crippen molar-refractivity contribution < 1.29 is 28.8 Å². The summed E-state index contributed by atoms with van der Waals surface area (Å²) in [6.07, 6.45) is -0.758. The third kappa shape index (κ3) is 6.59. The van der Waals surface area contributed by atoms with Crippen molar-refractivity contribution in [2.24, 2.45) is 0 Å². The zero-order chi connectivity index (χ0) is 33.7. The second-order valence-corrected chi connectivity index (χ2v) is 11.5. The number of carbonyl (C=O) groups excluding carboxylic acids is 1. The molecule has 48 heavy (non-hydrogen) atoms. The zero-order valence-electron chi connectivity index (χ0n) is 26.9. The van der Waals surface area contributed by atoms with Crippen LogP contribution in [-0.2, 0) is 15.1 Å². The number of anilines is 1. The number of rotatable bonds is 11. The molecule has 0 radical (unpaired) electrons. The lowest BCUT2D eigenvalue weighted by Crippen LogP contribution is -2.38. The standard InChI is InChI=1S/C38H37N3O7/c1-25-23-41(37(44)40-35(25)39-36(43)26-10-6-4-7-11-26)34-22-32(42)33(48-34)24-47-38(27-12-8-5-9-13-27,28-14-18-30(45-2)19-15-28)29-16-20-31(46-3)21-17-29/h4-21,23,32-34,42H,22,24H2,1-3H3,(H,39,40,43,44). The topological polar surface area (TPSA) is 121 Å². The van der Waals surface area contributed by atoms with Crippen LogP contribution in [-0.4, -0.2) is 53.6 Å². The molecule has 2 N–H and O–H groups in total. The lowest BCUT2D eigenvalue weighted by molar-refractivity contribution is -0.0944. The summed E-state index contributed by atoms with van der Waals surface area (Å²) < 4.78 is 25.4. The molecular weight excluding hydrogens is 610 g/mol. The van der Waals surface area contributed by atoms with Crippen molar-refractivity contribution in [2.45, 2.75) is 37.4 Å². The number of aromatic nitrogens is 2. The smallest absolute Gasteiger partial charge is 0.351 e. The number of aryl methyl sites for hydroxylation is 1. The highest BCUT2D eigenvalue weighted by atomic mass is 16.6. The summed E-state index contributed by atoms with van der Waals surface area (Å²) in [7, 11) is 3.23. The molecule has 3 unspecified atom stereocenters. The zero-order valence-corrected chi connectivity index (χ0v) is 26.9. The van der Waals surface area contributed by atoms with Gasteiger partial charge in [0.2, 0.25) is 0 Å². The maximum atomic E-state index is 13.2. The number of carbonyl (C=O) groups is 1. The van der Waals surface area contributed by atoms with E-state index in [1.54, 1.807) is 51.6 Å². The number of ether oxygens (including phenoxy) is 4. The van der Waals surface area contributed by atoms with Crippen LogP contribution in [0.15, 0.2) is 120 Å². The molecule has 10 heteroatoms. The van der Waals surface area contributed by atoms with Crippen molar-refractivity contribution in [3.8, 4) is 11.5 Å². The number of amides is 1. The molecule has 1 aliphatic heterocycles. The molecule has 2 heterocycles. The van der Waals surface area contributed by atoms with E-state index in [1.807, 2.05) is 84.9 Å². The van der Waals surface area contributed by atoms with Crippen LogP contribution in [0.1, 0.15) is 45.3 Å². The highest BCUT2D eigenvalue weighted by molar-refractivity contribution is 6.04. The van der Waals surface area contributed by atoms with E-state index in [2.05, 4.69) is 10.3 Å². The summed E-state index contributed by atoms with van der Waals surface area (Å²) in [5, 5.41) is 13.9. The first-order valence-electron chi connectivity index (χ1n) is 15.6. The Bertz CT molecular complexity index is 1850. The largest absolute Gasteiger partial charge is 0.497 e. The van der Waals surface area contributed by atoms with Crippen LogP contribution in [0, 0.1) is 6.92 Å². The van der Waals surface area contributed by atoms with Gasteiger partial charge in [-0.1, -0.05) is 72.8 Å². The number of nitrogens with one attached hydrogen (secondary N) is 1. The van der Waals surface area contributed by atoms with Gasteiger partial charge < -0.3 is 29.4 Å². The van der Waals surface area contributed by atoms with Gasteiger partial charge in [-0.15, -0.1) is 0 Å². The van der Waals surface area contributed by atoms with Crippen molar-refractivity contribution in [1.82, 2.24) is 9.55 Å². The van der Waals surface area contributed by atoms with Gasteiger partial charge in [-0.25, -0.2) is 4.79 Å². The van der Waals surface area contributed by atoms with Crippen molar-refractivity contribution in [3.63, 3.8) is 0 Å². The maximum absolute atomic E-state index is 13.2. The predicted molar refractivity (Wildman–Crippen MR) is 180 cm³/mol. The van der Waals surface area contributed by atoms with E-state index in [9.17, 15) is 14.7 Å². The molecule has 0 bridgehead atoms. The first kappa shape index (κ1) is 32.6. The van der Waals surface area contributed by atoms with Crippen LogP contribution < -0.4 is 20.5 Å². The molecule has 0 saturated carbocycles. The van der Waals surface area contributed by atoms with Gasteiger partial charge in [-0.2, -0.15) is 4.98 Å². The van der Waals surface area contributed by atoms with Crippen LogP contribution >= 0.6 is 0 Å². The monoisotopic (exact) mass is 647 g/mol. The lowest BCUT2D eigenvalue weighted by atomic mass is 9.80. The van der Waals surface area contributed by atoms with E-state index in [1.165, 1.54) is 4.57 Å². The minimum atomic E-state index is -1.10. The Morgan fingerprint density at radius 1 is 0.875 bits per heavy atom. The lowest BCUT2D eigenvalue weighted by Gasteiger charge is -2.37. The summed E-state index contributed by atoms with van der Waals surface area (Å²) in [5.41, 5.74) is 1.85. The summed E-state index contributed by atoms with van der Waals surface area (Å²) in [6.45, 7) is 1.74. The molecule has 1 amide bonds. The molecule has 1 fully saturated rings. The third-order valence-corrected chi connectivity index (χ3v) is 8.55. The van der Waals surface area contributed by atoms with Crippen molar-refractivity contribution in [2.75, 3.05) is 26.1 Å². The van der Waals surface area contributed by atoms with E-state index >= 15 is 0 Å². The molecule has 1 saturated heterocycles. The summed E-state index contributed by atoms with van der Waals surface area (Å²) in [5.74, 6) is 1.19. The number of hydrogen-bond acceptors (Lipinski definition) is 8. The number of aliphatic hydroxyl groups is 1. The molecule has 1 aliphatic rings. The van der Waals surface area contributed by atoms with Crippen molar-refractivity contribution in [1.29, 1.82) is 0 Å². The van der Waals surface area contributed by atoms with E-state index in [0.717, 1.165) is 16.7 Å². The Kier molecular flexibility index (Phi) is 9.67. The Morgan fingerprint density at radius 2 is 1.42 bits per heavy atom. The van der Waals surface area contributed by atoms with Crippen LogP contribution in [0.2, 0.25) is 0 Å². The number of methoxy groups -OCH3 is 2. The fourth-order valence-corrected chi connectivity index (χ4v) is 5.99. The second kappa shape index (κ2) is 14.2. The van der Waals surface area contributed by atoms with Crippen molar-refractivity contribution >= 4 is 11.7 Å². The summed E-state index contributed by atoms with van der Waals surface area (Å²) >= 11 is 0. The Morgan fingerprint density at radius 3 is 1.98 bits per heavy atom. The van der Waals surface area contributed by atoms with Gasteiger partial charge in [0.25, 0.3) is 5.91 Å². The van der Waals surface area contributed by atoms with Gasteiger partial charge in [0, 0.05) is 23.7 Å². The van der Waals surface area contributed by atoms with E-state index in [4.69, 9.17) is 18.9 Å². The van der Waals surface area contributed by atoms with Gasteiger partial charge >= 0.3 is 5.69 Å². The predicted octanol–water partition coefficient (Wildman–Crippen LogP) is 5.48. The van der Waals surface area contributed by atoms with Gasteiger partial charge in [0.1, 0.15) is 35.2 Å². The van der Waals surface area contributed by atoms with Crippen LogP contribution in [0.25, 0.3) is 0 Å². The Balaban J connectivity index is 1.28. The summed E-state index contributed by atoms with van der Waals surface area (Å²) in [6, 6.07) is 33.9. The quantitative estimate of drug-likeness (QED) is 0.181. The van der Waals surface area contributed by atoms with Gasteiger partial charge in [-0.3, -0.25) is 9.36 Å². The molecule has 4 aromatic carbocycles. The van der Waals surface area contributed by atoms with Crippen LogP contribution in [0.3, 0.4) is 0 Å². The normalized spacial score (nSPS) is 17.5. The molecule has 0 aliphatic carbocycles. The third-order valence-electron chi connectivity index (χ3n) is 8.55. The van der Waals surface area contributed by atoms with E-state index < -0.39 is 29.7 Å². The second-order valence-electron chi connectivity index (χ2n) is 11.5. The number of aliphatic hydroxyl groups excluding tert-OH is 1. The highest BCUT2D eigenvalue weighted by Gasteiger charge is 2.42. The molecule has 5 aromatic rings. The number of hydrogen-bond donors (Lipinski definition) is 2. The molecule has 10 nitrogen and oxygen atoms in total. The van der Waals surface area contributed by atoms with E-state index in [-0.39, 0.29) is 24.8 Å². The highest BCUT2D eigenvalue weighted by Crippen LogP contribution is 2.42. The number of nitrogens with zero attached hydrogens (tertiary/aromatic N) is 2. The van der Waals surface area contributed by atoms with Gasteiger partial charge in [0.05, 0.1) is 26.9 Å². The Hall–Kier alpha value is -5.29. The fraction of sp³-hybridized carbons (Fsp3) is 0.237. The molecule has 1 aromatic heterocycles. The maximum Gasteiger partial charge on any atom is 0.351 e.